The molecule has 1 aromatic carbocycles. The Labute approximate surface area is 196 Å². The van der Waals surface area contributed by atoms with Crippen LogP contribution >= 0.6 is 0 Å². The van der Waals surface area contributed by atoms with Gasteiger partial charge in [-0.3, -0.25) is 0 Å². The Morgan fingerprint density at radius 2 is 1.97 bits per heavy atom. The second-order valence-electron chi connectivity index (χ2n) is 8.79. The molecule has 2 aliphatic heterocycles. The number of anilines is 3. The lowest BCUT2D eigenvalue weighted by Gasteiger charge is -2.48. The first-order valence-corrected chi connectivity index (χ1v) is 11.3. The van der Waals surface area contributed by atoms with Gasteiger partial charge in [-0.1, -0.05) is 19.4 Å². The monoisotopic (exact) mass is 478 g/mol. The standard InChI is InChI=1S/C24H29F3N4O3/c1-2-3-4-19(16-11-28-12-16)21-20(31-13-23(33,14-31)15-32)9-10-29-22(21)30-17-5-7-18(8-6-17)34-24(25,26)27/h4-10,16,28,32-33H,2-3,11-15H2,1H3,(H,29,30)/b19-4-. The van der Waals surface area contributed by atoms with Crippen molar-refractivity contribution in [3.63, 3.8) is 0 Å². The normalized spacial score (nSPS) is 18.3. The van der Waals surface area contributed by atoms with E-state index in [0.29, 0.717) is 30.5 Å². The van der Waals surface area contributed by atoms with E-state index in [0.717, 1.165) is 42.8 Å². The maximum atomic E-state index is 12.5. The number of ether oxygens (including phenoxy) is 1. The Bertz CT molecular complexity index is 1020. The summed E-state index contributed by atoms with van der Waals surface area (Å²) in [6.45, 7) is 4.08. The molecule has 0 unspecified atom stereocenters. The number of nitrogens with one attached hydrogen (secondary N) is 2. The minimum absolute atomic E-state index is 0.298. The van der Waals surface area contributed by atoms with Crippen LogP contribution in [0.15, 0.2) is 42.6 Å². The molecule has 0 saturated carbocycles. The van der Waals surface area contributed by atoms with Gasteiger partial charge in [-0.05, 0) is 42.3 Å². The van der Waals surface area contributed by atoms with E-state index < -0.39 is 12.0 Å². The highest BCUT2D eigenvalue weighted by atomic mass is 19.4. The number of aliphatic hydroxyl groups is 2. The van der Waals surface area contributed by atoms with E-state index in [9.17, 15) is 23.4 Å². The predicted octanol–water partition coefficient (Wildman–Crippen LogP) is 3.67. The van der Waals surface area contributed by atoms with Crippen LogP contribution in [0.25, 0.3) is 5.57 Å². The third-order valence-corrected chi connectivity index (χ3v) is 6.05. The number of benzene rings is 1. The van der Waals surface area contributed by atoms with Gasteiger partial charge in [-0.2, -0.15) is 0 Å². The highest BCUT2D eigenvalue weighted by Crippen LogP contribution is 2.41. The van der Waals surface area contributed by atoms with Crippen LogP contribution in [-0.4, -0.2) is 59.9 Å². The summed E-state index contributed by atoms with van der Waals surface area (Å²) in [7, 11) is 0. The number of unbranched alkanes of at least 4 members (excludes halogenated alkanes) is 1. The van der Waals surface area contributed by atoms with Gasteiger partial charge in [0.1, 0.15) is 17.2 Å². The average molecular weight is 479 g/mol. The second-order valence-corrected chi connectivity index (χ2v) is 8.79. The van der Waals surface area contributed by atoms with Crippen LogP contribution in [0.2, 0.25) is 0 Å². The number of allylic oxidation sites excluding steroid dienone is 1. The second kappa shape index (κ2) is 9.81. The van der Waals surface area contributed by atoms with Crippen LogP contribution < -0.4 is 20.3 Å². The summed E-state index contributed by atoms with van der Waals surface area (Å²) in [6.07, 6.45) is 1.01. The fraction of sp³-hybridized carbons (Fsp3) is 0.458. The Balaban J connectivity index is 1.68. The largest absolute Gasteiger partial charge is 0.573 e. The van der Waals surface area contributed by atoms with E-state index in [-0.39, 0.29) is 12.4 Å². The summed E-state index contributed by atoms with van der Waals surface area (Å²) in [6, 6.07) is 7.41. The number of nitrogens with zero attached hydrogens (tertiary/aromatic N) is 2. The van der Waals surface area contributed by atoms with E-state index in [4.69, 9.17) is 0 Å². The number of aromatic nitrogens is 1. The number of rotatable bonds is 9. The molecule has 3 heterocycles. The number of hydrogen-bond donors (Lipinski definition) is 4. The maximum absolute atomic E-state index is 12.5. The molecule has 2 saturated heterocycles. The highest BCUT2D eigenvalue weighted by molar-refractivity contribution is 5.87. The van der Waals surface area contributed by atoms with Crippen molar-refractivity contribution in [3.8, 4) is 5.75 Å². The van der Waals surface area contributed by atoms with Gasteiger partial charge < -0.3 is 30.5 Å². The molecule has 0 atom stereocenters. The van der Waals surface area contributed by atoms with Crippen molar-refractivity contribution in [2.45, 2.75) is 31.7 Å². The first-order chi connectivity index (χ1) is 16.2. The maximum Gasteiger partial charge on any atom is 0.573 e. The highest BCUT2D eigenvalue weighted by Gasteiger charge is 2.42. The summed E-state index contributed by atoms with van der Waals surface area (Å²) in [5, 5.41) is 26.4. The minimum atomic E-state index is -4.75. The van der Waals surface area contributed by atoms with Crippen LogP contribution in [0.5, 0.6) is 5.75 Å². The molecule has 0 amide bonds. The summed E-state index contributed by atoms with van der Waals surface area (Å²) in [5.74, 6) is 0.583. The van der Waals surface area contributed by atoms with E-state index in [1.807, 2.05) is 11.0 Å². The first-order valence-electron chi connectivity index (χ1n) is 11.3. The SMILES string of the molecule is CCC/C=C(\c1c(N2CC(O)(CO)C2)ccnc1Nc1ccc(OC(F)(F)F)cc1)C1CNC1. The van der Waals surface area contributed by atoms with E-state index >= 15 is 0 Å². The van der Waals surface area contributed by atoms with Gasteiger partial charge in [-0.15, -0.1) is 13.2 Å². The summed E-state index contributed by atoms with van der Waals surface area (Å²) in [5.41, 5.74) is 2.37. The molecule has 1 aromatic heterocycles. The molecule has 2 fully saturated rings. The van der Waals surface area contributed by atoms with Gasteiger partial charge in [0.05, 0.1) is 19.7 Å². The summed E-state index contributed by atoms with van der Waals surface area (Å²) in [4.78, 5) is 6.57. The first kappa shape index (κ1) is 24.3. The molecule has 4 N–H and O–H groups in total. The fourth-order valence-electron chi connectivity index (χ4n) is 4.19. The average Bonchev–Trinajstić information content (AvgIpc) is 2.73. The van der Waals surface area contributed by atoms with Gasteiger partial charge in [0.25, 0.3) is 0 Å². The van der Waals surface area contributed by atoms with Gasteiger partial charge in [0, 0.05) is 42.1 Å². The van der Waals surface area contributed by atoms with Crippen molar-refractivity contribution in [1.82, 2.24) is 10.3 Å². The zero-order valence-electron chi connectivity index (χ0n) is 18.9. The van der Waals surface area contributed by atoms with Gasteiger partial charge in [0.2, 0.25) is 0 Å². The molecular weight excluding hydrogens is 449 g/mol. The summed E-state index contributed by atoms with van der Waals surface area (Å²) < 4.78 is 41.4. The number of β-amino-alcohol motifs (C(OH)–C–C–N with tert-alkyl or cyclic N) is 1. The Hall–Kier alpha value is -2.82. The quantitative estimate of drug-likeness (QED) is 0.437. The molecule has 10 heteroatoms. The lowest BCUT2D eigenvalue weighted by Crippen LogP contribution is -2.64. The molecule has 0 spiro atoms. The number of alkyl halides is 3. The Kier molecular flexibility index (Phi) is 7.01. The molecule has 2 aliphatic rings. The number of pyridine rings is 1. The number of halogens is 3. The molecule has 4 rings (SSSR count). The van der Waals surface area contributed by atoms with Gasteiger partial charge in [-0.25, -0.2) is 4.98 Å². The van der Waals surface area contributed by atoms with Crippen molar-refractivity contribution in [2.24, 2.45) is 5.92 Å². The summed E-state index contributed by atoms with van der Waals surface area (Å²) >= 11 is 0. The van der Waals surface area contributed by atoms with Crippen molar-refractivity contribution >= 4 is 22.8 Å². The smallest absolute Gasteiger partial charge is 0.406 e. The number of hydrogen-bond acceptors (Lipinski definition) is 7. The van der Waals surface area contributed by atoms with Crippen LogP contribution in [-0.2, 0) is 0 Å². The molecular formula is C24H29F3N4O3. The van der Waals surface area contributed by atoms with Crippen LogP contribution in [0, 0.1) is 5.92 Å². The molecule has 0 aliphatic carbocycles. The van der Waals surface area contributed by atoms with E-state index in [1.54, 1.807) is 6.20 Å². The minimum Gasteiger partial charge on any atom is -0.406 e. The van der Waals surface area contributed by atoms with Crippen LogP contribution in [0.1, 0.15) is 25.3 Å². The topological polar surface area (TPSA) is 89.9 Å². The van der Waals surface area contributed by atoms with Crippen molar-refractivity contribution < 1.29 is 28.1 Å². The third kappa shape index (κ3) is 5.45. The molecule has 0 bridgehead atoms. The predicted molar refractivity (Wildman–Crippen MR) is 124 cm³/mol. The van der Waals surface area contributed by atoms with E-state index in [2.05, 4.69) is 33.4 Å². The molecule has 184 valence electrons. The molecule has 7 nitrogen and oxygen atoms in total. The lowest BCUT2D eigenvalue weighted by atomic mass is 9.85. The van der Waals surface area contributed by atoms with Crippen molar-refractivity contribution in [2.75, 3.05) is 43.0 Å². The molecule has 34 heavy (non-hydrogen) atoms. The lowest BCUT2D eigenvalue weighted by molar-refractivity contribution is -0.274. The number of aliphatic hydroxyl groups excluding tert-OH is 1. The van der Waals surface area contributed by atoms with Crippen molar-refractivity contribution in [3.05, 3.63) is 48.2 Å². The van der Waals surface area contributed by atoms with Gasteiger partial charge in [0.15, 0.2) is 0 Å². The molecule has 2 aromatic rings. The van der Waals surface area contributed by atoms with Crippen molar-refractivity contribution in [1.29, 1.82) is 0 Å². The van der Waals surface area contributed by atoms with Crippen LogP contribution in [0.4, 0.5) is 30.4 Å². The third-order valence-electron chi connectivity index (χ3n) is 6.05. The fourth-order valence-corrected chi connectivity index (χ4v) is 4.19. The Morgan fingerprint density at radius 1 is 1.26 bits per heavy atom. The Morgan fingerprint density at radius 3 is 2.53 bits per heavy atom. The molecule has 0 radical (unpaired) electrons. The van der Waals surface area contributed by atoms with Gasteiger partial charge >= 0.3 is 6.36 Å². The van der Waals surface area contributed by atoms with E-state index in [1.165, 1.54) is 24.3 Å². The van der Waals surface area contributed by atoms with Crippen LogP contribution in [0.3, 0.4) is 0 Å². The zero-order valence-corrected chi connectivity index (χ0v) is 18.9. The zero-order chi connectivity index (χ0) is 24.3.